The zero-order valence-corrected chi connectivity index (χ0v) is 24.0. The lowest BCUT2D eigenvalue weighted by molar-refractivity contribution is 1.40. The molecule has 0 aliphatic carbocycles. The minimum absolute atomic E-state index is 0.629. The fourth-order valence-corrected chi connectivity index (χ4v) is 10.3. The van der Waals surface area contributed by atoms with Crippen LogP contribution in [0.2, 0.25) is 0 Å². The Morgan fingerprint density at radius 1 is 0.500 bits per heavy atom. The topological polar surface area (TPSA) is 47.6 Å². The summed E-state index contributed by atoms with van der Waals surface area (Å²) in [6, 6.07) is 49.8. The first-order valence-corrected chi connectivity index (χ1v) is 16.0. The predicted molar refractivity (Wildman–Crippen MR) is 173 cm³/mol. The second kappa shape index (κ2) is 11.0. The summed E-state index contributed by atoms with van der Waals surface area (Å²) >= 11 is 0. The number of benzene rings is 6. The van der Waals surface area contributed by atoms with Crippen molar-refractivity contribution >= 4 is 54.0 Å². The second-order valence-corrected chi connectivity index (χ2v) is 13.8. The molecule has 0 radical (unpaired) electrons. The highest BCUT2D eigenvalue weighted by atomic mass is 31.2. The molecule has 0 aromatic heterocycles. The summed E-state index contributed by atoms with van der Waals surface area (Å²) in [6.45, 7) is 0. The van der Waals surface area contributed by atoms with Crippen LogP contribution in [0.25, 0.3) is 21.5 Å². The Morgan fingerprint density at radius 3 is 1.30 bits per heavy atom. The highest BCUT2D eigenvalue weighted by Crippen LogP contribution is 2.58. The smallest absolute Gasteiger partial charge is 0.116 e. The number of nitrogens with zero attached hydrogens (tertiary/aromatic N) is 2. The van der Waals surface area contributed by atoms with Gasteiger partial charge < -0.3 is 0 Å². The van der Waals surface area contributed by atoms with E-state index in [1.807, 2.05) is 24.3 Å². The molecule has 0 saturated carbocycles. The Kier molecular flexibility index (Phi) is 7.16. The van der Waals surface area contributed by atoms with Crippen LogP contribution in [0.5, 0.6) is 0 Å². The van der Waals surface area contributed by atoms with Crippen LogP contribution in [-0.2, 0) is 12.3 Å². The van der Waals surface area contributed by atoms with E-state index < -0.39 is 7.26 Å². The van der Waals surface area contributed by atoms with E-state index in [9.17, 15) is 10.5 Å². The van der Waals surface area contributed by atoms with Gasteiger partial charge in [0.25, 0.3) is 0 Å². The molecule has 0 bridgehead atoms. The number of nitriles is 2. The molecule has 6 rings (SSSR count). The predicted octanol–water partition coefficient (Wildman–Crippen LogP) is 7.61. The summed E-state index contributed by atoms with van der Waals surface area (Å²) in [4.78, 5) is 0. The van der Waals surface area contributed by atoms with Crippen molar-refractivity contribution in [2.75, 3.05) is 0 Å². The van der Waals surface area contributed by atoms with Crippen molar-refractivity contribution in [2.24, 2.45) is 0 Å². The van der Waals surface area contributed by atoms with Gasteiger partial charge in [0.05, 0.1) is 17.3 Å². The Balaban J connectivity index is 1.63. The van der Waals surface area contributed by atoms with Gasteiger partial charge in [-0.1, -0.05) is 78.9 Å². The third-order valence-corrected chi connectivity index (χ3v) is 12.6. The van der Waals surface area contributed by atoms with Gasteiger partial charge in [-0.05, 0) is 65.8 Å². The normalized spacial score (nSPS) is 11.3. The largest absolute Gasteiger partial charge is 0.192 e. The second-order valence-electron chi connectivity index (χ2n) is 9.91. The summed E-state index contributed by atoms with van der Waals surface area (Å²) in [5.74, 6) is 0. The van der Waals surface area contributed by atoms with E-state index in [1.54, 1.807) is 0 Å². The van der Waals surface area contributed by atoms with Crippen LogP contribution in [0.4, 0.5) is 0 Å². The Labute approximate surface area is 238 Å². The van der Waals surface area contributed by atoms with Gasteiger partial charge in [-0.25, -0.2) is 0 Å². The van der Waals surface area contributed by atoms with E-state index >= 15 is 0 Å². The molecule has 0 amide bonds. The average Bonchev–Trinajstić information content (AvgIpc) is 3.03. The molecule has 0 fully saturated rings. The molecule has 0 aliphatic heterocycles. The maximum atomic E-state index is 10.4. The molecule has 6 aromatic carbocycles. The minimum atomic E-state index is -2.10. The van der Waals surface area contributed by atoms with Crippen molar-refractivity contribution in [3.05, 3.63) is 150 Å². The van der Waals surface area contributed by atoms with Crippen molar-refractivity contribution < 1.29 is 0 Å². The Hall–Kier alpha value is -4.32. The fraction of sp³-hybridized carbons (Fsp3) is 0.0556. The maximum Gasteiger partial charge on any atom is 0.116 e. The van der Waals surface area contributed by atoms with Crippen LogP contribution in [0, 0.1) is 22.7 Å². The number of hydrogen-bond acceptors (Lipinski definition) is 2. The van der Waals surface area contributed by atoms with E-state index in [0.717, 1.165) is 45.0 Å². The first-order valence-electron chi connectivity index (χ1n) is 13.3. The monoisotopic (exact) mass is 549 g/mol. The lowest BCUT2D eigenvalue weighted by atomic mass is 9.91. The third-order valence-electron chi connectivity index (χ3n) is 7.72. The van der Waals surface area contributed by atoms with Gasteiger partial charge >= 0.3 is 0 Å². The lowest BCUT2D eigenvalue weighted by Crippen LogP contribution is -2.32. The Morgan fingerprint density at radius 2 is 0.900 bits per heavy atom. The van der Waals surface area contributed by atoms with Gasteiger partial charge in [-0.2, -0.15) is 10.5 Å². The average molecular weight is 550 g/mol. The van der Waals surface area contributed by atoms with E-state index in [0.29, 0.717) is 11.1 Å². The third kappa shape index (κ3) is 4.37. The molecule has 0 saturated heterocycles. The lowest BCUT2D eigenvalue weighted by Gasteiger charge is -2.28. The summed E-state index contributed by atoms with van der Waals surface area (Å²) < 4.78 is 0. The summed E-state index contributed by atoms with van der Waals surface area (Å²) in [5, 5.41) is 27.9. The highest BCUT2D eigenvalue weighted by molar-refractivity contribution is 7.95. The molecule has 1 unspecified atom stereocenters. The van der Waals surface area contributed by atoms with Gasteiger partial charge in [0, 0.05) is 21.5 Å². The molecule has 0 spiro atoms. The van der Waals surface area contributed by atoms with Gasteiger partial charge in [-0.15, -0.1) is 9.24 Å². The van der Waals surface area contributed by atoms with Gasteiger partial charge in [0.1, 0.15) is 35.3 Å². The zero-order valence-electron chi connectivity index (χ0n) is 22.0. The molecule has 0 N–H and O–H groups in total. The Bertz CT molecular complexity index is 1820. The van der Waals surface area contributed by atoms with Crippen molar-refractivity contribution in [1.29, 1.82) is 10.5 Å². The van der Waals surface area contributed by atoms with Crippen LogP contribution in [0.1, 0.15) is 22.3 Å². The standard InChI is InChI=1S/C36H27N2P2/c37-22-35-32-19-17-27(21-34(32)36(23-38)31-18-16-26(24-39)20-33(31)35)25-40(28-10-4-1-5-11-28,29-12-6-2-7-13-29)30-14-8-3-9-15-30/h1-21H,24-25,39H2/q+1. The molecular weight excluding hydrogens is 522 g/mol. The highest BCUT2D eigenvalue weighted by Gasteiger charge is 2.45. The van der Waals surface area contributed by atoms with Crippen LogP contribution in [0.3, 0.4) is 0 Å². The summed E-state index contributed by atoms with van der Waals surface area (Å²) in [7, 11) is 0.631. The molecular formula is C36H27N2P2+. The van der Waals surface area contributed by atoms with Crippen molar-refractivity contribution in [1.82, 2.24) is 0 Å². The van der Waals surface area contributed by atoms with Gasteiger partial charge in [-0.3, -0.25) is 0 Å². The number of rotatable bonds is 6. The summed E-state index contributed by atoms with van der Waals surface area (Å²) in [5.41, 5.74) is 3.53. The molecule has 2 nitrogen and oxygen atoms in total. The molecule has 190 valence electrons. The maximum absolute atomic E-state index is 10.4. The van der Waals surface area contributed by atoms with Gasteiger partial charge in [0.2, 0.25) is 0 Å². The summed E-state index contributed by atoms with van der Waals surface area (Å²) in [6.07, 6.45) is 1.60. The number of hydrogen-bond donors (Lipinski definition) is 0. The first kappa shape index (κ1) is 25.9. The van der Waals surface area contributed by atoms with Crippen LogP contribution >= 0.6 is 16.5 Å². The first-order chi connectivity index (χ1) is 19.7. The van der Waals surface area contributed by atoms with Crippen LogP contribution in [-0.4, -0.2) is 0 Å². The van der Waals surface area contributed by atoms with Crippen molar-refractivity contribution in [2.45, 2.75) is 12.3 Å². The molecule has 4 heteroatoms. The van der Waals surface area contributed by atoms with E-state index in [1.165, 1.54) is 15.9 Å². The van der Waals surface area contributed by atoms with Crippen LogP contribution < -0.4 is 15.9 Å². The molecule has 0 heterocycles. The van der Waals surface area contributed by atoms with E-state index in [2.05, 4.69) is 125 Å². The fourth-order valence-electron chi connectivity index (χ4n) is 5.83. The molecule has 0 aliphatic rings. The zero-order chi connectivity index (χ0) is 27.5. The molecule has 40 heavy (non-hydrogen) atoms. The number of fused-ring (bicyclic) bond motifs is 2. The van der Waals surface area contributed by atoms with Crippen molar-refractivity contribution in [3.63, 3.8) is 0 Å². The van der Waals surface area contributed by atoms with E-state index in [-0.39, 0.29) is 0 Å². The van der Waals surface area contributed by atoms with E-state index in [4.69, 9.17) is 0 Å². The SMILES string of the molecule is N#Cc1c2ccc(C[P+](c3ccccc3)(c3ccccc3)c3ccccc3)cc2c(C#N)c2ccc(CP)cc12. The minimum Gasteiger partial charge on any atom is -0.192 e. The van der Waals surface area contributed by atoms with Gasteiger partial charge in [0.15, 0.2) is 0 Å². The quantitative estimate of drug-likeness (QED) is 0.159. The van der Waals surface area contributed by atoms with Crippen molar-refractivity contribution in [3.8, 4) is 12.1 Å². The molecule has 6 aromatic rings. The van der Waals surface area contributed by atoms with Crippen LogP contribution in [0.15, 0.2) is 127 Å². The molecule has 1 atom stereocenters.